The van der Waals surface area contributed by atoms with Crippen molar-refractivity contribution in [1.29, 1.82) is 10.5 Å². The Hall–Kier alpha value is -3.82. The summed E-state index contributed by atoms with van der Waals surface area (Å²) < 4.78 is 0. The highest BCUT2D eigenvalue weighted by Gasteiger charge is 2.46. The molecule has 3 nitrogen and oxygen atoms in total. The van der Waals surface area contributed by atoms with Crippen molar-refractivity contribution in [2.45, 2.75) is 11.8 Å². The molecule has 0 bridgehead atoms. The Kier molecular flexibility index (Phi) is 5.13. The molecule has 0 saturated heterocycles. The summed E-state index contributed by atoms with van der Waals surface area (Å²) in [6.45, 7) is 1.54. The van der Waals surface area contributed by atoms with E-state index in [4.69, 9.17) is 0 Å². The molecule has 2 aliphatic rings. The van der Waals surface area contributed by atoms with Crippen LogP contribution in [0.25, 0.3) is 11.1 Å². The summed E-state index contributed by atoms with van der Waals surface area (Å²) in [6, 6.07) is 21.7. The third-order valence-electron chi connectivity index (χ3n) is 5.06. The van der Waals surface area contributed by atoms with Crippen LogP contribution in [0.4, 0.5) is 0 Å². The minimum atomic E-state index is -1.40. The molecule has 0 aliphatic heterocycles. The van der Waals surface area contributed by atoms with Gasteiger partial charge < -0.3 is 0 Å². The largest absolute Gasteiger partial charge is 0.287 e. The molecule has 4 rings (SSSR count). The fraction of sp³-hybridized carbons (Fsp3) is 0.0769. The van der Waals surface area contributed by atoms with E-state index in [9.17, 15) is 15.3 Å². The van der Waals surface area contributed by atoms with Crippen molar-refractivity contribution in [1.82, 2.24) is 0 Å². The van der Waals surface area contributed by atoms with Crippen LogP contribution in [0.3, 0.4) is 0 Å². The molecule has 2 aliphatic carbocycles. The Bertz CT molecular complexity index is 1260. The molecular formula is C26H16N2OS. The maximum atomic E-state index is 11.3. The first-order valence-corrected chi connectivity index (χ1v) is 10.2. The van der Waals surface area contributed by atoms with E-state index in [1.54, 1.807) is 0 Å². The minimum absolute atomic E-state index is 0.0358. The molecule has 0 heterocycles. The van der Waals surface area contributed by atoms with Gasteiger partial charge in [0.25, 0.3) is 0 Å². The van der Waals surface area contributed by atoms with Crippen molar-refractivity contribution in [2.24, 2.45) is 5.41 Å². The van der Waals surface area contributed by atoms with Crippen LogP contribution >= 0.6 is 11.8 Å². The second-order valence-corrected chi connectivity index (χ2v) is 8.17. The van der Waals surface area contributed by atoms with Gasteiger partial charge in [0, 0.05) is 23.0 Å². The lowest BCUT2D eigenvalue weighted by molar-refractivity contribution is -0.109. The van der Waals surface area contributed by atoms with Gasteiger partial charge in [0.1, 0.15) is 0 Å². The van der Waals surface area contributed by atoms with Crippen LogP contribution < -0.4 is 0 Å². The van der Waals surface area contributed by atoms with Gasteiger partial charge in [-0.1, -0.05) is 54.2 Å². The van der Waals surface area contributed by atoms with Gasteiger partial charge in [-0.25, -0.2) is 0 Å². The van der Waals surface area contributed by atoms with Crippen LogP contribution in [0, 0.1) is 28.1 Å². The fourth-order valence-electron chi connectivity index (χ4n) is 3.65. The molecule has 0 unspecified atom stereocenters. The lowest BCUT2D eigenvalue weighted by Crippen LogP contribution is -2.18. The molecule has 30 heavy (non-hydrogen) atoms. The predicted molar refractivity (Wildman–Crippen MR) is 119 cm³/mol. The highest BCUT2D eigenvalue weighted by molar-refractivity contribution is 8.13. The number of carbonyl (C=O) groups excluding carboxylic acids is 1. The molecule has 0 atom stereocenters. The molecule has 0 N–H and O–H groups in total. The first-order valence-electron chi connectivity index (χ1n) is 9.36. The zero-order valence-electron chi connectivity index (χ0n) is 16.2. The van der Waals surface area contributed by atoms with E-state index < -0.39 is 5.41 Å². The van der Waals surface area contributed by atoms with E-state index in [-0.39, 0.29) is 5.12 Å². The Morgan fingerprint density at radius 3 is 2.27 bits per heavy atom. The highest BCUT2D eigenvalue weighted by Crippen LogP contribution is 2.51. The quantitative estimate of drug-likeness (QED) is 0.475. The predicted octanol–water partition coefficient (Wildman–Crippen LogP) is 5.86. The number of allylic oxidation sites excluding steroid dienone is 7. The van der Waals surface area contributed by atoms with E-state index in [1.807, 2.05) is 78.9 Å². The van der Waals surface area contributed by atoms with Gasteiger partial charge in [0.2, 0.25) is 0 Å². The van der Waals surface area contributed by atoms with E-state index >= 15 is 0 Å². The third-order valence-corrected chi connectivity index (χ3v) is 5.85. The Labute approximate surface area is 179 Å². The second-order valence-electron chi connectivity index (χ2n) is 6.92. The highest BCUT2D eigenvalue weighted by atomic mass is 32.2. The Balaban J connectivity index is 1.79. The average molecular weight is 404 g/mol. The zero-order valence-corrected chi connectivity index (χ0v) is 17.0. The first-order chi connectivity index (χ1) is 14.6. The van der Waals surface area contributed by atoms with Gasteiger partial charge in [-0.05, 0) is 58.7 Å². The van der Waals surface area contributed by atoms with Crippen LogP contribution in [0.5, 0.6) is 0 Å². The molecule has 4 heteroatoms. The number of hydrogen-bond donors (Lipinski definition) is 0. The van der Waals surface area contributed by atoms with Crippen molar-refractivity contribution >= 4 is 28.0 Å². The van der Waals surface area contributed by atoms with E-state index in [2.05, 4.69) is 17.9 Å². The van der Waals surface area contributed by atoms with Gasteiger partial charge >= 0.3 is 0 Å². The maximum absolute atomic E-state index is 11.3. The van der Waals surface area contributed by atoms with Gasteiger partial charge in [-0.3, -0.25) is 4.79 Å². The summed E-state index contributed by atoms with van der Waals surface area (Å²) in [7, 11) is 0. The summed E-state index contributed by atoms with van der Waals surface area (Å²) >= 11 is 1.19. The molecule has 2 aromatic carbocycles. The Morgan fingerprint density at radius 1 is 0.933 bits per heavy atom. The molecule has 0 fully saturated rings. The van der Waals surface area contributed by atoms with Crippen LogP contribution in [-0.4, -0.2) is 5.12 Å². The number of nitriles is 2. The van der Waals surface area contributed by atoms with Crippen molar-refractivity contribution in [3.8, 4) is 12.1 Å². The molecular weight excluding hydrogens is 388 g/mol. The topological polar surface area (TPSA) is 64.7 Å². The smallest absolute Gasteiger partial charge is 0.195 e. The van der Waals surface area contributed by atoms with E-state index in [0.29, 0.717) is 11.1 Å². The summed E-state index contributed by atoms with van der Waals surface area (Å²) in [6.07, 6.45) is 7.52. The summed E-state index contributed by atoms with van der Waals surface area (Å²) in [4.78, 5) is 12.2. The zero-order chi connectivity index (χ0) is 21.1. The first kappa shape index (κ1) is 19.5. The molecule has 0 amide bonds. The van der Waals surface area contributed by atoms with Crippen LogP contribution in [0.1, 0.15) is 18.1 Å². The van der Waals surface area contributed by atoms with Crippen molar-refractivity contribution in [2.75, 3.05) is 0 Å². The second kappa shape index (κ2) is 7.90. The van der Waals surface area contributed by atoms with E-state index in [1.165, 1.54) is 18.7 Å². The normalized spacial score (nSPS) is 16.1. The third kappa shape index (κ3) is 3.36. The van der Waals surface area contributed by atoms with Crippen LogP contribution in [0.2, 0.25) is 0 Å². The van der Waals surface area contributed by atoms with Crippen molar-refractivity contribution in [3.05, 3.63) is 107 Å². The molecule has 0 aromatic heterocycles. The van der Waals surface area contributed by atoms with Crippen molar-refractivity contribution < 1.29 is 4.79 Å². The number of rotatable bonds is 3. The van der Waals surface area contributed by atoms with Crippen LogP contribution in [-0.2, 0) is 4.79 Å². The van der Waals surface area contributed by atoms with E-state index in [0.717, 1.165) is 27.2 Å². The maximum Gasteiger partial charge on any atom is 0.195 e. The standard InChI is InChI=1S/C26H16N2OS/c1-18(29)30-23-12-10-19(11-13-23)21-8-5-9-22-15-24(20-6-3-2-4-7-20)26(16-27,17-28)25(22)14-21/h2-8,10-15H,1H3. The monoisotopic (exact) mass is 404 g/mol. The average Bonchev–Trinajstić information content (AvgIpc) is 2.91. The number of thioether (sulfide) groups is 1. The molecule has 0 radical (unpaired) electrons. The SMILES string of the molecule is CC(=O)Sc1ccc(C2=CC=C=C3C=C(c4ccccc4)C(C#N)(C#N)C3=C2)cc1. The van der Waals surface area contributed by atoms with Crippen LogP contribution in [0.15, 0.2) is 101 Å². The molecule has 0 spiro atoms. The number of hydrogen-bond acceptors (Lipinski definition) is 4. The molecule has 142 valence electrons. The van der Waals surface area contributed by atoms with Gasteiger partial charge in [-0.2, -0.15) is 10.5 Å². The van der Waals surface area contributed by atoms with Gasteiger partial charge in [-0.15, -0.1) is 5.73 Å². The molecule has 2 aromatic rings. The number of benzene rings is 2. The summed E-state index contributed by atoms with van der Waals surface area (Å²) in [5.41, 5.74) is 6.54. The van der Waals surface area contributed by atoms with Gasteiger partial charge in [0.15, 0.2) is 10.5 Å². The fourth-order valence-corrected chi connectivity index (χ4v) is 4.26. The summed E-state index contributed by atoms with van der Waals surface area (Å²) in [5.74, 6) is 0. The number of carbonyl (C=O) groups is 1. The Morgan fingerprint density at radius 2 is 1.63 bits per heavy atom. The molecule has 0 saturated carbocycles. The lowest BCUT2D eigenvalue weighted by Gasteiger charge is -2.19. The number of fused-ring (bicyclic) bond motifs is 1. The van der Waals surface area contributed by atoms with Gasteiger partial charge in [0.05, 0.1) is 12.1 Å². The minimum Gasteiger partial charge on any atom is -0.287 e. The number of nitrogens with zero attached hydrogens (tertiary/aromatic N) is 2. The van der Waals surface area contributed by atoms with Crippen molar-refractivity contribution in [3.63, 3.8) is 0 Å². The summed E-state index contributed by atoms with van der Waals surface area (Å²) in [5, 5.41) is 20.2. The lowest BCUT2D eigenvalue weighted by atomic mass is 9.76.